The Morgan fingerprint density at radius 3 is 1.24 bits per heavy atom. The summed E-state index contributed by atoms with van der Waals surface area (Å²) in [6.07, 6.45) is 2.36. The quantitative estimate of drug-likeness (QED) is 0.00960. The number of hydrogen-bond donors (Lipinski definition) is 14. The summed E-state index contributed by atoms with van der Waals surface area (Å²) in [7, 11) is 0. The third kappa shape index (κ3) is 43.8. The average Bonchev–Trinajstić information content (AvgIpc) is 1.74. The molecule has 0 unspecified atom stereocenters. The third-order valence-corrected chi connectivity index (χ3v) is 22.7. The molecular weight excluding hydrogens is 1740 g/mol. The van der Waals surface area contributed by atoms with Gasteiger partial charge < -0.3 is 99.6 Å². The molecule has 0 aliphatic carbocycles. The van der Waals surface area contributed by atoms with E-state index in [1.54, 1.807) is 107 Å². The molecule has 1 heterocycles. The summed E-state index contributed by atoms with van der Waals surface area (Å²) < 4.78 is 21.8. The minimum Gasteiger partial charge on any atom is -0.461 e. The SMILES string of the molecule is NCCCC[C@H](CC(=O)OCc1ccccc1Cl)C(=O)NCCNC(=O)CCN(CCC(=O)NCCNC(=O)[C@H](CCCCN)NC(=O)OCc1ccccc1Cl)[C@@H](CN(CCC(=O)CCCNC(=O)[C@@H](CCCCN)NC(=O)OCc1ccccc1Cl)CCC(=O)NCCCC(=O)[C@H](CCCCN)NC(=O)OCc1ccccc1Cl)C(=O)CCc1cc2ccccc2[nH]1. The van der Waals surface area contributed by atoms with Gasteiger partial charge in [-0.2, -0.15) is 0 Å². The number of nitrogens with two attached hydrogens (primary N) is 4. The predicted octanol–water partition coefficient (Wildman–Crippen LogP) is 9.36. The summed E-state index contributed by atoms with van der Waals surface area (Å²) in [6.45, 7) is 0.234. The second-order valence-electron chi connectivity index (χ2n) is 31.2. The lowest BCUT2D eigenvalue weighted by Gasteiger charge is -2.35. The molecule has 0 spiro atoms. The molecule has 5 atom stereocenters. The van der Waals surface area contributed by atoms with Crippen LogP contribution in [0.3, 0.4) is 0 Å². The highest BCUT2D eigenvalue weighted by molar-refractivity contribution is 6.32. The van der Waals surface area contributed by atoms with Crippen molar-refractivity contribution >= 4 is 134 Å². The number of benzene rings is 5. The summed E-state index contributed by atoms with van der Waals surface area (Å²) in [6, 6.07) is 32.8. The number of halogens is 4. The van der Waals surface area contributed by atoms with E-state index in [9.17, 15) is 57.5 Å². The van der Waals surface area contributed by atoms with Gasteiger partial charge in [-0.05, 0) is 158 Å². The Morgan fingerprint density at radius 1 is 0.372 bits per heavy atom. The summed E-state index contributed by atoms with van der Waals surface area (Å²) in [5.74, 6) is -5.24. The van der Waals surface area contributed by atoms with Crippen LogP contribution < -0.4 is 70.8 Å². The van der Waals surface area contributed by atoms with E-state index in [2.05, 4.69) is 52.8 Å². The van der Waals surface area contributed by atoms with Crippen LogP contribution in [-0.4, -0.2) is 214 Å². The minimum absolute atomic E-state index is 0.0153. The van der Waals surface area contributed by atoms with Gasteiger partial charge in [-0.3, -0.25) is 52.8 Å². The van der Waals surface area contributed by atoms with E-state index in [1.807, 2.05) is 30.3 Å². The lowest BCUT2D eigenvalue weighted by atomic mass is 9.97. The fourth-order valence-electron chi connectivity index (χ4n) is 13.9. The average molecular weight is 1870 g/mol. The highest BCUT2D eigenvalue weighted by Gasteiger charge is 2.32. The van der Waals surface area contributed by atoms with Crippen molar-refractivity contribution < 1.29 is 81.3 Å². The standard InChI is InChI=1S/C92H128Cl4N16O17/c93-72-28-6-1-23-66(72)60-126-86(119)58-65(22-11-15-43-97)87(120)105-51-49-102-84(117)41-55-112(56-42-85(118)103-50-52-106-89(122)79(35-14-18-46-100)110-92(125)129-63-69-26-4-9-31-75(69)96)80(82(115)38-37-70-57-64-21-5-10-32-76(64)107-70)59-111(53-39-71(113)27-19-48-104-88(121)78(34-13-17-45-99)109-91(124)128-62-68-25-3-8-30-74(68)95)54-40-83(116)101-47-20-36-81(114)77(33-12-16-44-98)108-90(123)127-61-67-24-2-7-29-73(67)94/h1-10,21,23-26,28-32,57,65,77-80,107H,11-20,22,27,33-56,58-63,97-100H2,(H,101,116)(H,102,117)(H,103,118)(H,104,121)(H,105,120)(H,106,122)(H,108,123)(H,109,124)(H,110,125)/t65-,77+,78-,79+,80+/m1/s1. The first-order chi connectivity index (χ1) is 62.4. The molecule has 1 aromatic heterocycles. The van der Waals surface area contributed by atoms with Gasteiger partial charge in [0.05, 0.1) is 18.5 Å². The van der Waals surface area contributed by atoms with Crippen LogP contribution in [0.15, 0.2) is 127 Å². The molecule has 0 radical (unpaired) electrons. The van der Waals surface area contributed by atoms with Crippen LogP contribution in [0.5, 0.6) is 0 Å². The number of carbonyl (C=O) groups excluding carboxylic acids is 13. The minimum atomic E-state index is -1.14. The van der Waals surface area contributed by atoms with Crippen molar-refractivity contribution in [2.24, 2.45) is 28.9 Å². The van der Waals surface area contributed by atoms with Crippen LogP contribution in [0.1, 0.15) is 169 Å². The van der Waals surface area contributed by atoms with E-state index in [-0.39, 0.29) is 206 Å². The first-order valence-corrected chi connectivity index (χ1v) is 45.8. The van der Waals surface area contributed by atoms with E-state index >= 15 is 4.79 Å². The summed E-state index contributed by atoms with van der Waals surface area (Å²) in [4.78, 5) is 187. The molecule has 0 aliphatic rings. The number of ether oxygens (including phenoxy) is 4. The fraction of sp³-hybridized carbons (Fsp3) is 0.511. The molecule has 6 rings (SSSR count). The summed E-state index contributed by atoms with van der Waals surface area (Å²) >= 11 is 25.2. The number of rotatable bonds is 66. The third-order valence-electron chi connectivity index (χ3n) is 21.3. The molecule has 33 nitrogen and oxygen atoms in total. The highest BCUT2D eigenvalue weighted by Crippen LogP contribution is 2.24. The number of amides is 9. The van der Waals surface area contributed by atoms with Crippen LogP contribution in [0.25, 0.3) is 10.9 Å². The number of H-pyrrole nitrogens is 1. The van der Waals surface area contributed by atoms with Gasteiger partial charge >= 0.3 is 24.2 Å². The number of aromatic amines is 1. The Bertz CT molecular complexity index is 4250. The maximum atomic E-state index is 15.6. The number of Topliss-reactive ketones (excluding diaryl/α,β-unsaturated/α-hetero) is 3. The van der Waals surface area contributed by atoms with E-state index in [0.29, 0.717) is 126 Å². The molecule has 129 heavy (non-hydrogen) atoms. The number of esters is 1. The Kier molecular flexibility index (Phi) is 52.3. The lowest BCUT2D eigenvalue weighted by Crippen LogP contribution is -2.51. The molecule has 18 N–H and O–H groups in total. The van der Waals surface area contributed by atoms with Crippen molar-refractivity contribution in [1.29, 1.82) is 0 Å². The fourth-order valence-corrected chi connectivity index (χ4v) is 14.6. The van der Waals surface area contributed by atoms with Crippen molar-refractivity contribution in [2.45, 2.75) is 198 Å². The molecular formula is C92H128Cl4N16O17. The second-order valence-corrected chi connectivity index (χ2v) is 32.8. The number of unbranched alkanes of at least 4 members (excludes halogenated alkanes) is 4. The van der Waals surface area contributed by atoms with Gasteiger partial charge in [0.15, 0.2) is 11.6 Å². The van der Waals surface area contributed by atoms with E-state index in [1.165, 1.54) is 0 Å². The molecule has 37 heteroatoms. The van der Waals surface area contributed by atoms with Crippen molar-refractivity contribution in [2.75, 3.05) is 98.2 Å². The monoisotopic (exact) mass is 1870 g/mol. The number of nitrogens with one attached hydrogen (secondary N) is 10. The van der Waals surface area contributed by atoms with Gasteiger partial charge in [-0.15, -0.1) is 0 Å². The van der Waals surface area contributed by atoms with Crippen LogP contribution >= 0.6 is 46.4 Å². The Labute approximate surface area is 774 Å². The van der Waals surface area contributed by atoms with Gasteiger partial charge in [0.2, 0.25) is 35.4 Å². The molecule has 6 aromatic rings. The molecule has 0 saturated heterocycles. The van der Waals surface area contributed by atoms with Crippen molar-refractivity contribution in [3.63, 3.8) is 0 Å². The summed E-state index contributed by atoms with van der Waals surface area (Å²) in [5, 5.41) is 27.4. The second kappa shape index (κ2) is 62.8. The number of para-hydroxylation sites is 1. The van der Waals surface area contributed by atoms with E-state index in [0.717, 1.165) is 16.6 Å². The molecule has 0 aliphatic heterocycles. The van der Waals surface area contributed by atoms with Crippen LogP contribution in [0.4, 0.5) is 14.4 Å². The molecule has 0 saturated carbocycles. The van der Waals surface area contributed by atoms with Gasteiger partial charge in [0.25, 0.3) is 0 Å². The van der Waals surface area contributed by atoms with Crippen LogP contribution in [0.2, 0.25) is 20.1 Å². The van der Waals surface area contributed by atoms with E-state index < -0.39 is 89.8 Å². The largest absolute Gasteiger partial charge is 0.461 e. The maximum Gasteiger partial charge on any atom is 0.408 e. The smallest absolute Gasteiger partial charge is 0.408 e. The topological polar surface area (TPSA) is 493 Å². The molecule has 706 valence electrons. The highest BCUT2D eigenvalue weighted by atomic mass is 35.5. The van der Waals surface area contributed by atoms with E-state index in [4.69, 9.17) is 88.3 Å². The number of nitrogens with zero attached hydrogens (tertiary/aromatic N) is 2. The lowest BCUT2D eigenvalue weighted by molar-refractivity contribution is -0.148. The van der Waals surface area contributed by atoms with Gasteiger partial charge in [-0.25, -0.2) is 14.4 Å². The number of alkyl carbamates (subject to hydrolysis) is 3. The molecule has 0 bridgehead atoms. The number of hydrogen-bond acceptors (Lipinski definition) is 23. The zero-order valence-electron chi connectivity index (χ0n) is 73.4. The Balaban J connectivity index is 1.24. The zero-order valence-corrected chi connectivity index (χ0v) is 76.4. The zero-order chi connectivity index (χ0) is 93.3. The first kappa shape index (κ1) is 107. The Morgan fingerprint density at radius 2 is 0.760 bits per heavy atom. The van der Waals surface area contributed by atoms with Crippen molar-refractivity contribution in [3.05, 3.63) is 175 Å². The van der Waals surface area contributed by atoms with Crippen molar-refractivity contribution in [1.82, 2.24) is 62.6 Å². The number of aryl methyl sites for hydroxylation is 1. The molecule has 9 amide bonds. The predicted molar refractivity (Wildman–Crippen MR) is 495 cm³/mol. The van der Waals surface area contributed by atoms with Crippen LogP contribution in [0, 0.1) is 5.92 Å². The number of aromatic nitrogens is 1. The van der Waals surface area contributed by atoms with Gasteiger partial charge in [0, 0.05) is 176 Å². The number of ketones is 3. The molecule has 5 aromatic carbocycles. The van der Waals surface area contributed by atoms with Crippen molar-refractivity contribution in [3.8, 4) is 0 Å². The molecule has 0 fully saturated rings. The number of carbonyl (C=O) groups is 13. The van der Waals surface area contributed by atoms with Gasteiger partial charge in [0.1, 0.15) is 44.3 Å². The maximum absolute atomic E-state index is 15.6. The Hall–Kier alpha value is -10.3. The van der Waals surface area contributed by atoms with Crippen LogP contribution in [-0.2, 0) is 99.7 Å². The normalized spacial score (nSPS) is 12.3. The van der Waals surface area contributed by atoms with Gasteiger partial charge in [-0.1, -0.05) is 144 Å². The first-order valence-electron chi connectivity index (χ1n) is 44.3. The number of fused-ring (bicyclic) bond motifs is 1. The summed E-state index contributed by atoms with van der Waals surface area (Å²) in [5.41, 5.74) is 27.0.